The standard InChI is InChI=1S/C13H13Br2NO3/c14-11-8-6-9(12(11)17)13(15,16(18)19)10(8)7-4-2-1-3-5-7/h1-5,8-12,17H,6H2. The number of halogens is 2. The highest BCUT2D eigenvalue weighted by atomic mass is 79.9. The van der Waals surface area contributed by atoms with E-state index in [-0.39, 0.29) is 27.5 Å². The second-order valence-electron chi connectivity index (χ2n) is 5.31. The van der Waals surface area contributed by atoms with Gasteiger partial charge in [-0.05, 0) is 17.9 Å². The van der Waals surface area contributed by atoms with E-state index in [0.717, 1.165) is 5.56 Å². The highest BCUT2D eigenvalue weighted by Gasteiger charge is 2.71. The summed E-state index contributed by atoms with van der Waals surface area (Å²) < 4.78 is -1.26. The number of benzene rings is 1. The fraction of sp³-hybridized carbons (Fsp3) is 0.538. The van der Waals surface area contributed by atoms with Crippen LogP contribution in [-0.4, -0.2) is 25.4 Å². The number of nitro groups is 1. The van der Waals surface area contributed by atoms with E-state index >= 15 is 0 Å². The molecule has 19 heavy (non-hydrogen) atoms. The normalized spacial score (nSPS) is 44.5. The van der Waals surface area contributed by atoms with Gasteiger partial charge in [-0.1, -0.05) is 46.3 Å². The molecule has 0 aliphatic heterocycles. The topological polar surface area (TPSA) is 63.4 Å². The third kappa shape index (κ3) is 1.73. The van der Waals surface area contributed by atoms with Gasteiger partial charge in [0, 0.05) is 25.7 Å². The zero-order valence-corrected chi connectivity index (χ0v) is 13.1. The summed E-state index contributed by atoms with van der Waals surface area (Å²) in [5.41, 5.74) is 0.958. The van der Waals surface area contributed by atoms with Gasteiger partial charge in [-0.15, -0.1) is 0 Å². The lowest BCUT2D eigenvalue weighted by molar-refractivity contribution is -0.550. The molecule has 0 radical (unpaired) electrons. The van der Waals surface area contributed by atoms with Crippen LogP contribution in [-0.2, 0) is 0 Å². The molecule has 3 rings (SSSR count). The first-order chi connectivity index (χ1) is 8.98. The minimum atomic E-state index is -1.26. The van der Waals surface area contributed by atoms with Crippen molar-refractivity contribution in [2.45, 2.75) is 27.7 Å². The Balaban J connectivity index is 2.09. The maximum absolute atomic E-state index is 11.6. The molecule has 0 amide bonds. The Morgan fingerprint density at radius 1 is 1.37 bits per heavy atom. The fourth-order valence-corrected chi connectivity index (χ4v) is 5.63. The second kappa shape index (κ2) is 4.53. The maximum atomic E-state index is 11.6. The monoisotopic (exact) mass is 389 g/mol. The lowest BCUT2D eigenvalue weighted by Crippen LogP contribution is -2.51. The van der Waals surface area contributed by atoms with Crippen molar-refractivity contribution >= 4 is 31.9 Å². The zero-order valence-electron chi connectivity index (χ0n) is 9.95. The zero-order chi connectivity index (χ0) is 13.8. The number of hydrogen-bond donors (Lipinski definition) is 1. The summed E-state index contributed by atoms with van der Waals surface area (Å²) in [6.45, 7) is 0. The van der Waals surface area contributed by atoms with Gasteiger partial charge in [0.05, 0.1) is 17.9 Å². The molecule has 1 aromatic rings. The summed E-state index contributed by atoms with van der Waals surface area (Å²) in [5.74, 6) is -0.504. The van der Waals surface area contributed by atoms with Crippen LogP contribution < -0.4 is 0 Å². The lowest BCUT2D eigenvalue weighted by atomic mass is 9.78. The molecule has 2 fully saturated rings. The van der Waals surface area contributed by atoms with Gasteiger partial charge in [-0.3, -0.25) is 10.1 Å². The van der Waals surface area contributed by atoms with E-state index in [1.54, 1.807) is 0 Å². The van der Waals surface area contributed by atoms with Gasteiger partial charge in [0.15, 0.2) is 0 Å². The predicted molar refractivity (Wildman–Crippen MR) is 78.2 cm³/mol. The summed E-state index contributed by atoms with van der Waals surface area (Å²) in [4.78, 5) is 11.2. The number of aliphatic hydroxyl groups is 1. The van der Waals surface area contributed by atoms with Crippen LogP contribution in [0.25, 0.3) is 0 Å². The predicted octanol–water partition coefficient (Wildman–Crippen LogP) is 2.91. The fourth-order valence-electron chi connectivity index (χ4n) is 3.68. The number of hydrogen-bond acceptors (Lipinski definition) is 3. The highest BCUT2D eigenvalue weighted by Crippen LogP contribution is 2.64. The molecule has 4 nitrogen and oxygen atoms in total. The third-order valence-corrected chi connectivity index (χ3v) is 7.09. The molecular weight excluding hydrogens is 378 g/mol. The summed E-state index contributed by atoms with van der Waals surface area (Å²) in [7, 11) is 0. The van der Waals surface area contributed by atoms with E-state index in [0.29, 0.717) is 6.42 Å². The van der Waals surface area contributed by atoms with Crippen molar-refractivity contribution in [3.63, 3.8) is 0 Å². The van der Waals surface area contributed by atoms with Crippen LogP contribution in [0.5, 0.6) is 0 Å². The van der Waals surface area contributed by atoms with Crippen molar-refractivity contribution in [2.24, 2.45) is 11.8 Å². The van der Waals surface area contributed by atoms with E-state index in [9.17, 15) is 15.2 Å². The molecule has 2 aliphatic carbocycles. The van der Waals surface area contributed by atoms with Crippen molar-refractivity contribution in [1.29, 1.82) is 0 Å². The number of rotatable bonds is 2. The molecular formula is C13H13Br2NO3. The van der Waals surface area contributed by atoms with Crippen LogP contribution in [0.4, 0.5) is 0 Å². The number of alkyl halides is 2. The van der Waals surface area contributed by atoms with Crippen molar-refractivity contribution in [3.8, 4) is 0 Å². The van der Waals surface area contributed by atoms with Crippen molar-refractivity contribution in [2.75, 3.05) is 0 Å². The molecule has 2 aliphatic rings. The molecule has 0 saturated heterocycles. The van der Waals surface area contributed by atoms with E-state index in [4.69, 9.17) is 0 Å². The molecule has 2 bridgehead atoms. The molecule has 0 heterocycles. The summed E-state index contributed by atoms with van der Waals surface area (Å²) in [6.07, 6.45) is -0.00202. The van der Waals surface area contributed by atoms with Crippen LogP contribution in [0.2, 0.25) is 0 Å². The smallest absolute Gasteiger partial charge is 0.286 e. The molecule has 102 valence electrons. The first kappa shape index (κ1) is 13.5. The van der Waals surface area contributed by atoms with Gasteiger partial charge in [0.25, 0.3) is 4.45 Å². The molecule has 0 aromatic heterocycles. The Bertz CT molecular complexity index is 512. The number of aliphatic hydroxyl groups excluding tert-OH is 1. The van der Waals surface area contributed by atoms with Crippen LogP contribution >= 0.6 is 31.9 Å². The van der Waals surface area contributed by atoms with Gasteiger partial charge >= 0.3 is 0 Å². The van der Waals surface area contributed by atoms with E-state index < -0.39 is 10.6 Å². The quantitative estimate of drug-likeness (QED) is 0.365. The number of nitrogens with zero attached hydrogens (tertiary/aromatic N) is 1. The van der Waals surface area contributed by atoms with Crippen LogP contribution in [0.3, 0.4) is 0 Å². The maximum Gasteiger partial charge on any atom is 0.286 e. The summed E-state index contributed by atoms with van der Waals surface area (Å²) in [6, 6.07) is 9.55. The van der Waals surface area contributed by atoms with E-state index in [1.165, 1.54) is 0 Å². The average molecular weight is 391 g/mol. The Hall–Kier alpha value is -0.460. The van der Waals surface area contributed by atoms with Gasteiger partial charge in [-0.25, -0.2) is 0 Å². The number of fused-ring (bicyclic) bond motifs is 2. The summed E-state index contributed by atoms with van der Waals surface area (Å²) in [5, 5.41) is 21.7. The molecule has 6 heteroatoms. The third-order valence-electron chi connectivity index (χ3n) is 4.50. The SMILES string of the molecule is O=[N+]([O-])C1(Br)C2CC(C(Br)C2O)C1c1ccccc1. The highest BCUT2D eigenvalue weighted by molar-refractivity contribution is 9.10. The molecule has 6 atom stereocenters. The molecule has 1 N–H and O–H groups in total. The first-order valence-corrected chi connectivity index (χ1v) is 7.89. The first-order valence-electron chi connectivity index (χ1n) is 6.18. The van der Waals surface area contributed by atoms with Crippen molar-refractivity contribution in [1.82, 2.24) is 0 Å². The minimum absolute atomic E-state index is 0.0756. The largest absolute Gasteiger partial charge is 0.391 e. The molecule has 2 saturated carbocycles. The van der Waals surface area contributed by atoms with Crippen molar-refractivity contribution in [3.05, 3.63) is 46.0 Å². The Kier molecular flexibility index (Phi) is 3.22. The Labute approximate surface area is 127 Å². The Morgan fingerprint density at radius 3 is 2.58 bits per heavy atom. The van der Waals surface area contributed by atoms with Gasteiger partial charge in [0.1, 0.15) is 0 Å². The molecule has 1 aromatic carbocycles. The average Bonchev–Trinajstić information content (AvgIpc) is 2.86. The van der Waals surface area contributed by atoms with Crippen LogP contribution in [0, 0.1) is 22.0 Å². The minimum Gasteiger partial charge on any atom is -0.391 e. The van der Waals surface area contributed by atoms with Crippen molar-refractivity contribution < 1.29 is 10.0 Å². The summed E-state index contributed by atoms with van der Waals surface area (Å²) >= 11 is 6.86. The Morgan fingerprint density at radius 2 is 2.00 bits per heavy atom. The molecule has 6 unspecified atom stereocenters. The van der Waals surface area contributed by atoms with Crippen LogP contribution in [0.1, 0.15) is 17.9 Å². The van der Waals surface area contributed by atoms with Gasteiger partial charge < -0.3 is 5.11 Å². The van der Waals surface area contributed by atoms with Gasteiger partial charge in [-0.2, -0.15) is 0 Å². The van der Waals surface area contributed by atoms with Gasteiger partial charge in [0.2, 0.25) is 0 Å². The second-order valence-corrected chi connectivity index (χ2v) is 7.64. The van der Waals surface area contributed by atoms with E-state index in [2.05, 4.69) is 31.9 Å². The van der Waals surface area contributed by atoms with Crippen LogP contribution in [0.15, 0.2) is 30.3 Å². The van der Waals surface area contributed by atoms with E-state index in [1.807, 2.05) is 30.3 Å². The molecule has 0 spiro atoms. The lowest BCUT2D eigenvalue weighted by Gasteiger charge is -2.37.